The molecule has 0 saturated carbocycles. The Morgan fingerprint density at radius 3 is 2.58 bits per heavy atom. The molecule has 0 bridgehead atoms. The zero-order valence-corrected chi connectivity index (χ0v) is 20.4. The predicted octanol–water partition coefficient (Wildman–Crippen LogP) is 4.08. The molecular formula is C27H28FNO7. The van der Waals surface area contributed by atoms with Crippen LogP contribution in [-0.4, -0.2) is 28.9 Å². The molecule has 36 heavy (non-hydrogen) atoms. The third kappa shape index (κ3) is 6.35. The molecule has 0 aromatic heterocycles. The van der Waals surface area contributed by atoms with Gasteiger partial charge in [-0.1, -0.05) is 29.8 Å². The van der Waals surface area contributed by atoms with E-state index in [0.29, 0.717) is 24.0 Å². The smallest absolute Gasteiger partial charge is 0.342 e. The van der Waals surface area contributed by atoms with Crippen LogP contribution >= 0.6 is 0 Å². The van der Waals surface area contributed by atoms with Gasteiger partial charge < -0.3 is 19.9 Å². The summed E-state index contributed by atoms with van der Waals surface area (Å²) in [6, 6.07) is 5.97. The highest BCUT2D eigenvalue weighted by Crippen LogP contribution is 2.39. The number of rotatable bonds is 10. The van der Waals surface area contributed by atoms with E-state index in [1.807, 2.05) is 19.9 Å². The highest BCUT2D eigenvalue weighted by atomic mass is 19.1. The van der Waals surface area contributed by atoms with Crippen molar-refractivity contribution in [3.8, 4) is 5.75 Å². The van der Waals surface area contributed by atoms with Crippen molar-refractivity contribution in [1.29, 1.82) is 0 Å². The quantitative estimate of drug-likeness (QED) is 0.220. The van der Waals surface area contributed by atoms with Crippen LogP contribution < -0.4 is 10.1 Å². The van der Waals surface area contributed by atoms with E-state index >= 15 is 0 Å². The third-order valence-electron chi connectivity index (χ3n) is 6.16. The number of hydrogen-bond acceptors (Lipinski definition) is 6. The minimum atomic E-state index is -0.905. The second kappa shape index (κ2) is 11.6. The predicted molar refractivity (Wildman–Crippen MR) is 128 cm³/mol. The van der Waals surface area contributed by atoms with Crippen LogP contribution in [0.25, 0.3) is 0 Å². The molecule has 2 N–H and O–H groups in total. The first-order chi connectivity index (χ1) is 17.1. The number of benzene rings is 2. The second-order valence-corrected chi connectivity index (χ2v) is 8.65. The number of amides is 1. The normalized spacial score (nSPS) is 12.7. The molecule has 0 aliphatic carbocycles. The number of carboxylic acids is 1. The van der Waals surface area contributed by atoms with Gasteiger partial charge in [-0.25, -0.2) is 9.18 Å². The summed E-state index contributed by atoms with van der Waals surface area (Å²) in [7, 11) is 0. The molecule has 8 nitrogen and oxygen atoms in total. The number of cyclic esters (lactones) is 1. The van der Waals surface area contributed by atoms with Crippen LogP contribution in [0.4, 0.5) is 4.39 Å². The van der Waals surface area contributed by atoms with Crippen molar-refractivity contribution in [1.82, 2.24) is 5.32 Å². The van der Waals surface area contributed by atoms with Gasteiger partial charge in [0, 0.05) is 29.7 Å². The number of hydrogen-bond donors (Lipinski definition) is 2. The van der Waals surface area contributed by atoms with Crippen LogP contribution in [0.5, 0.6) is 5.75 Å². The van der Waals surface area contributed by atoms with Crippen molar-refractivity contribution in [2.75, 3.05) is 0 Å². The van der Waals surface area contributed by atoms with E-state index < -0.39 is 36.1 Å². The summed E-state index contributed by atoms with van der Waals surface area (Å²) in [6.45, 7) is 5.46. The molecule has 0 atom stereocenters. The van der Waals surface area contributed by atoms with Gasteiger partial charge in [0.15, 0.2) is 0 Å². The fourth-order valence-electron chi connectivity index (χ4n) is 3.92. The maximum Gasteiger partial charge on any atom is 0.342 e. The van der Waals surface area contributed by atoms with E-state index in [0.717, 1.165) is 16.7 Å². The monoisotopic (exact) mass is 497 g/mol. The number of fused-ring (bicyclic) bond motifs is 1. The van der Waals surface area contributed by atoms with E-state index in [9.17, 15) is 23.6 Å². The summed E-state index contributed by atoms with van der Waals surface area (Å²) in [5.74, 6) is -3.48. The Morgan fingerprint density at radius 1 is 1.17 bits per heavy atom. The van der Waals surface area contributed by atoms with E-state index in [2.05, 4.69) is 5.32 Å². The molecule has 0 saturated heterocycles. The number of carbonyl (C=O) groups is 4. The fourth-order valence-corrected chi connectivity index (χ4v) is 3.92. The van der Waals surface area contributed by atoms with Gasteiger partial charge in [0.05, 0.1) is 0 Å². The molecule has 3 rings (SSSR count). The Bertz CT molecular complexity index is 1250. The molecule has 1 aliphatic heterocycles. The van der Waals surface area contributed by atoms with Crippen LogP contribution in [0.15, 0.2) is 35.9 Å². The summed E-state index contributed by atoms with van der Waals surface area (Å²) >= 11 is 0. The average Bonchev–Trinajstić information content (AvgIpc) is 3.21. The van der Waals surface area contributed by atoms with Gasteiger partial charge in [-0.15, -0.1) is 0 Å². The second-order valence-electron chi connectivity index (χ2n) is 8.65. The molecule has 0 radical (unpaired) electrons. The highest BCUT2D eigenvalue weighted by Gasteiger charge is 2.32. The molecule has 190 valence electrons. The highest BCUT2D eigenvalue weighted by molar-refractivity contribution is 6.00. The minimum Gasteiger partial charge on any atom is -0.481 e. The van der Waals surface area contributed by atoms with Crippen LogP contribution in [0.1, 0.15) is 64.4 Å². The third-order valence-corrected chi connectivity index (χ3v) is 6.16. The molecular weight excluding hydrogens is 469 g/mol. The summed E-state index contributed by atoms with van der Waals surface area (Å²) in [6.07, 6.45) is 1.84. The number of aliphatic carboxylic acids is 1. The van der Waals surface area contributed by atoms with Gasteiger partial charge in [-0.05, 0) is 50.8 Å². The van der Waals surface area contributed by atoms with Crippen LogP contribution in [-0.2, 0) is 38.7 Å². The SMILES string of the molecule is C/C(=C\Cc1c(C)c(C)c2c(c1OC(=O)CC(=O)NCc1ccccc1F)C(=O)OC2)CCC(=O)O. The standard InChI is InChI=1S/C27H28FNO7/c1-15(9-11-23(31)32)8-10-19-16(2)17(3)20-14-35-27(34)25(20)26(19)36-24(33)12-22(30)29-13-18-6-4-5-7-21(18)28/h4-8H,9-14H2,1-3H3,(H,29,30)(H,31,32)/b15-8+. The number of nitrogens with one attached hydrogen (secondary N) is 1. The Kier molecular flexibility index (Phi) is 8.58. The van der Waals surface area contributed by atoms with E-state index in [1.54, 1.807) is 13.0 Å². The molecule has 0 fully saturated rings. The summed E-state index contributed by atoms with van der Waals surface area (Å²) in [4.78, 5) is 48.3. The summed E-state index contributed by atoms with van der Waals surface area (Å²) in [5, 5.41) is 11.4. The first kappa shape index (κ1) is 26.6. The van der Waals surface area contributed by atoms with Gasteiger partial charge >= 0.3 is 17.9 Å². The van der Waals surface area contributed by atoms with Gasteiger partial charge in [-0.2, -0.15) is 0 Å². The van der Waals surface area contributed by atoms with E-state index in [4.69, 9.17) is 14.6 Å². The topological polar surface area (TPSA) is 119 Å². The Labute approximate surface area is 208 Å². The number of esters is 2. The minimum absolute atomic E-state index is 0.0132. The fraction of sp³-hybridized carbons (Fsp3) is 0.333. The van der Waals surface area contributed by atoms with Crippen molar-refractivity contribution in [3.63, 3.8) is 0 Å². The Balaban J connectivity index is 1.80. The number of carbonyl (C=O) groups excluding carboxylic acids is 3. The van der Waals surface area contributed by atoms with E-state index in [-0.39, 0.29) is 36.4 Å². The van der Waals surface area contributed by atoms with Gasteiger partial charge in [-0.3, -0.25) is 14.4 Å². The van der Waals surface area contributed by atoms with Crippen molar-refractivity contribution < 1.29 is 38.1 Å². The molecule has 0 unspecified atom stereocenters. The van der Waals surface area contributed by atoms with Gasteiger partial charge in [0.25, 0.3) is 0 Å². The summed E-state index contributed by atoms with van der Waals surface area (Å²) < 4.78 is 24.5. The molecule has 2 aromatic rings. The lowest BCUT2D eigenvalue weighted by Crippen LogP contribution is -2.27. The molecule has 1 aliphatic rings. The first-order valence-electron chi connectivity index (χ1n) is 11.5. The lowest BCUT2D eigenvalue weighted by atomic mass is 9.91. The van der Waals surface area contributed by atoms with Crippen LogP contribution in [0.2, 0.25) is 0 Å². The first-order valence-corrected chi connectivity index (χ1v) is 11.5. The molecule has 1 amide bonds. The number of ether oxygens (including phenoxy) is 2. The van der Waals surface area contributed by atoms with Gasteiger partial charge in [0.2, 0.25) is 5.91 Å². The number of carboxylic acid groups (broad SMARTS) is 1. The summed E-state index contributed by atoms with van der Waals surface area (Å²) in [5.41, 5.74) is 4.12. The molecule has 2 aromatic carbocycles. The average molecular weight is 498 g/mol. The largest absolute Gasteiger partial charge is 0.481 e. The van der Waals surface area contributed by atoms with Crippen LogP contribution in [0.3, 0.4) is 0 Å². The van der Waals surface area contributed by atoms with Gasteiger partial charge in [0.1, 0.15) is 30.2 Å². The van der Waals surface area contributed by atoms with Crippen molar-refractivity contribution in [2.45, 2.75) is 59.6 Å². The zero-order valence-electron chi connectivity index (χ0n) is 20.4. The zero-order chi connectivity index (χ0) is 26.4. The van der Waals surface area contributed by atoms with Crippen molar-refractivity contribution in [3.05, 3.63) is 75.1 Å². The Hall–Kier alpha value is -4.01. The van der Waals surface area contributed by atoms with E-state index in [1.165, 1.54) is 18.2 Å². The van der Waals surface area contributed by atoms with Crippen LogP contribution in [0, 0.1) is 19.7 Å². The lowest BCUT2D eigenvalue weighted by molar-refractivity contribution is -0.139. The number of allylic oxidation sites excluding steroid dienone is 2. The maximum absolute atomic E-state index is 13.8. The Morgan fingerprint density at radius 2 is 1.89 bits per heavy atom. The molecule has 0 spiro atoms. The maximum atomic E-state index is 13.8. The van der Waals surface area contributed by atoms with Crippen molar-refractivity contribution >= 4 is 23.8 Å². The lowest BCUT2D eigenvalue weighted by Gasteiger charge is -2.18. The molecule has 1 heterocycles. The van der Waals surface area contributed by atoms with Crippen molar-refractivity contribution in [2.24, 2.45) is 0 Å². The number of halogens is 1. The molecule has 9 heteroatoms.